The number of ether oxygens (including phenoxy) is 1. The lowest BCUT2D eigenvalue weighted by atomic mass is 10.3. The molecular formula is C13H10BrN5O. The zero-order valence-corrected chi connectivity index (χ0v) is 12.2. The maximum atomic E-state index is 9.01. The Hall–Kier alpha value is -2.33. The van der Waals surface area contributed by atoms with Gasteiger partial charge in [-0.2, -0.15) is 10.4 Å². The molecule has 0 saturated carbocycles. The normalized spacial score (nSPS) is 10.7. The first kappa shape index (κ1) is 12.7. The summed E-state index contributed by atoms with van der Waals surface area (Å²) in [6.45, 7) is 0.380. The molecule has 0 radical (unpaired) electrons. The van der Waals surface area contributed by atoms with Gasteiger partial charge < -0.3 is 9.30 Å². The lowest BCUT2D eigenvalue weighted by Crippen LogP contribution is -1.98. The highest BCUT2D eigenvalue weighted by atomic mass is 79.9. The topological polar surface area (TPSA) is 68.1 Å². The second kappa shape index (κ2) is 4.98. The predicted molar refractivity (Wildman–Crippen MR) is 75.1 cm³/mol. The molecule has 0 aliphatic rings. The van der Waals surface area contributed by atoms with Crippen LogP contribution in [0.5, 0.6) is 5.75 Å². The highest BCUT2D eigenvalue weighted by Gasteiger charge is 2.10. The molecule has 6 nitrogen and oxygen atoms in total. The van der Waals surface area contributed by atoms with Gasteiger partial charge in [-0.05, 0) is 22.0 Å². The van der Waals surface area contributed by atoms with E-state index in [9.17, 15) is 0 Å². The van der Waals surface area contributed by atoms with Gasteiger partial charge in [-0.15, -0.1) is 0 Å². The molecule has 0 bridgehead atoms. The maximum absolute atomic E-state index is 9.01. The van der Waals surface area contributed by atoms with Gasteiger partial charge in [0.2, 0.25) is 0 Å². The summed E-state index contributed by atoms with van der Waals surface area (Å²) in [7, 11) is 1.91. The molecule has 3 aromatic rings. The number of nitrogens with zero attached hydrogens (tertiary/aromatic N) is 5. The van der Waals surface area contributed by atoms with Gasteiger partial charge in [0.25, 0.3) is 0 Å². The molecule has 0 N–H and O–H groups in total. The predicted octanol–water partition coefficient (Wildman–Crippen LogP) is 2.28. The number of rotatable bonds is 3. The maximum Gasteiger partial charge on any atom is 0.139 e. The van der Waals surface area contributed by atoms with Crippen molar-refractivity contribution in [2.45, 2.75) is 6.61 Å². The Kier molecular flexibility index (Phi) is 3.16. The third kappa shape index (κ3) is 2.26. The quantitative estimate of drug-likeness (QED) is 0.738. The number of pyridine rings is 1. The van der Waals surface area contributed by atoms with Crippen molar-refractivity contribution in [2.24, 2.45) is 7.05 Å². The Morgan fingerprint density at radius 1 is 1.45 bits per heavy atom. The van der Waals surface area contributed by atoms with E-state index in [-0.39, 0.29) is 0 Å². The fourth-order valence-electron chi connectivity index (χ4n) is 1.91. The van der Waals surface area contributed by atoms with E-state index < -0.39 is 0 Å². The average Bonchev–Trinajstić information content (AvgIpc) is 3.02. The van der Waals surface area contributed by atoms with Gasteiger partial charge >= 0.3 is 0 Å². The van der Waals surface area contributed by atoms with Gasteiger partial charge in [0, 0.05) is 17.7 Å². The van der Waals surface area contributed by atoms with E-state index in [2.05, 4.69) is 32.1 Å². The first-order chi connectivity index (χ1) is 9.67. The van der Waals surface area contributed by atoms with E-state index in [1.54, 1.807) is 17.0 Å². The van der Waals surface area contributed by atoms with Crippen LogP contribution in [0.15, 0.2) is 35.5 Å². The molecule has 3 rings (SSSR count). The molecule has 0 atom stereocenters. The standard InChI is InChI=1S/C13H10BrN5O/c1-18-5-10(16-8-18)7-20-11-2-12(14)13-9(3-15)4-17-19(13)6-11/h2,4-6,8H,7H2,1H3. The number of hydrogen-bond acceptors (Lipinski definition) is 4. The van der Waals surface area contributed by atoms with Crippen molar-refractivity contribution in [3.05, 3.63) is 46.7 Å². The summed E-state index contributed by atoms with van der Waals surface area (Å²) in [5, 5.41) is 13.1. The smallest absolute Gasteiger partial charge is 0.139 e. The van der Waals surface area contributed by atoms with Crippen LogP contribution in [0.3, 0.4) is 0 Å². The van der Waals surface area contributed by atoms with Crippen molar-refractivity contribution >= 4 is 21.4 Å². The van der Waals surface area contributed by atoms with E-state index in [1.807, 2.05) is 23.9 Å². The number of aryl methyl sites for hydroxylation is 1. The van der Waals surface area contributed by atoms with Crippen molar-refractivity contribution in [1.82, 2.24) is 19.2 Å². The fourth-order valence-corrected chi connectivity index (χ4v) is 2.53. The summed E-state index contributed by atoms with van der Waals surface area (Å²) < 4.78 is 9.94. The number of aromatic nitrogens is 4. The number of hydrogen-bond donors (Lipinski definition) is 0. The van der Waals surface area contributed by atoms with Gasteiger partial charge in [0.1, 0.15) is 18.4 Å². The van der Waals surface area contributed by atoms with Gasteiger partial charge in [-0.1, -0.05) is 0 Å². The second-order valence-electron chi connectivity index (χ2n) is 4.31. The highest BCUT2D eigenvalue weighted by Crippen LogP contribution is 2.26. The van der Waals surface area contributed by atoms with Crippen molar-refractivity contribution in [3.8, 4) is 11.8 Å². The summed E-state index contributed by atoms with van der Waals surface area (Å²) >= 11 is 3.44. The van der Waals surface area contributed by atoms with Gasteiger partial charge in [-0.3, -0.25) is 0 Å². The van der Waals surface area contributed by atoms with Crippen LogP contribution in [0.25, 0.3) is 5.52 Å². The van der Waals surface area contributed by atoms with Crippen molar-refractivity contribution in [2.75, 3.05) is 0 Å². The van der Waals surface area contributed by atoms with Crippen LogP contribution in [-0.2, 0) is 13.7 Å². The van der Waals surface area contributed by atoms with Crippen molar-refractivity contribution in [3.63, 3.8) is 0 Å². The molecule has 0 spiro atoms. The van der Waals surface area contributed by atoms with Gasteiger partial charge in [0.05, 0.1) is 35.5 Å². The first-order valence-corrected chi connectivity index (χ1v) is 6.63. The molecule has 3 heterocycles. The lowest BCUT2D eigenvalue weighted by Gasteiger charge is -2.06. The zero-order valence-electron chi connectivity index (χ0n) is 10.6. The van der Waals surface area contributed by atoms with Crippen molar-refractivity contribution in [1.29, 1.82) is 5.26 Å². The Labute approximate surface area is 123 Å². The highest BCUT2D eigenvalue weighted by molar-refractivity contribution is 9.10. The Morgan fingerprint density at radius 2 is 2.30 bits per heavy atom. The average molecular weight is 332 g/mol. The molecule has 0 aliphatic carbocycles. The second-order valence-corrected chi connectivity index (χ2v) is 5.16. The number of halogens is 1. The minimum Gasteiger partial charge on any atom is -0.486 e. The third-order valence-corrected chi connectivity index (χ3v) is 3.41. The fraction of sp³-hybridized carbons (Fsp3) is 0.154. The van der Waals surface area contributed by atoms with Crippen LogP contribution in [0.1, 0.15) is 11.3 Å². The summed E-state index contributed by atoms with van der Waals surface area (Å²) in [6, 6.07) is 3.92. The summed E-state index contributed by atoms with van der Waals surface area (Å²) in [5.74, 6) is 0.655. The van der Waals surface area contributed by atoms with Crippen LogP contribution in [0.2, 0.25) is 0 Å². The molecule has 3 aromatic heterocycles. The van der Waals surface area contributed by atoms with Crippen molar-refractivity contribution < 1.29 is 4.74 Å². The molecule has 0 unspecified atom stereocenters. The Bertz CT molecular complexity index is 814. The van der Waals surface area contributed by atoms with Crippen LogP contribution < -0.4 is 4.74 Å². The van der Waals surface area contributed by atoms with E-state index in [1.165, 1.54) is 6.20 Å². The van der Waals surface area contributed by atoms with Crippen LogP contribution in [0.4, 0.5) is 0 Å². The number of nitriles is 1. The van der Waals surface area contributed by atoms with Crippen LogP contribution in [-0.4, -0.2) is 19.2 Å². The Morgan fingerprint density at radius 3 is 3.00 bits per heavy atom. The molecule has 0 aromatic carbocycles. The van der Waals surface area contributed by atoms with Crippen LogP contribution in [0, 0.1) is 11.3 Å². The zero-order chi connectivity index (χ0) is 14.1. The molecule has 100 valence electrons. The monoisotopic (exact) mass is 331 g/mol. The molecule has 7 heteroatoms. The van der Waals surface area contributed by atoms with Crippen LogP contribution >= 0.6 is 15.9 Å². The Balaban J connectivity index is 1.88. The van der Waals surface area contributed by atoms with Gasteiger partial charge in [-0.25, -0.2) is 9.50 Å². The largest absolute Gasteiger partial charge is 0.486 e. The summed E-state index contributed by atoms with van der Waals surface area (Å²) in [6.07, 6.45) is 6.90. The van der Waals surface area contributed by atoms with E-state index in [0.717, 1.165) is 15.7 Å². The molecular weight excluding hydrogens is 322 g/mol. The first-order valence-electron chi connectivity index (χ1n) is 5.84. The SMILES string of the molecule is Cn1cnc(COc2cc(Br)c3c(C#N)cnn3c2)c1. The summed E-state index contributed by atoms with van der Waals surface area (Å²) in [4.78, 5) is 4.19. The number of imidazole rings is 1. The minimum atomic E-state index is 0.380. The molecule has 0 aliphatic heterocycles. The van der Waals surface area contributed by atoms with E-state index in [0.29, 0.717) is 17.9 Å². The van der Waals surface area contributed by atoms with E-state index >= 15 is 0 Å². The molecule has 0 amide bonds. The molecule has 0 fully saturated rings. The number of fused-ring (bicyclic) bond motifs is 1. The minimum absolute atomic E-state index is 0.380. The lowest BCUT2D eigenvalue weighted by molar-refractivity contribution is 0.299. The van der Waals surface area contributed by atoms with Gasteiger partial charge in [0.15, 0.2) is 0 Å². The third-order valence-electron chi connectivity index (χ3n) is 2.81. The molecule has 0 saturated heterocycles. The van der Waals surface area contributed by atoms with E-state index in [4.69, 9.17) is 10.00 Å². The molecule has 20 heavy (non-hydrogen) atoms. The summed E-state index contributed by atoms with van der Waals surface area (Å²) in [5.41, 5.74) is 2.10.